The highest BCUT2D eigenvalue weighted by molar-refractivity contribution is 7.62. The van der Waals surface area contributed by atoms with E-state index in [0.29, 0.717) is 11.3 Å². The number of fused-ring (bicyclic) bond motifs is 3. The molecule has 1 atom stereocenters. The molecule has 0 radical (unpaired) electrons. The van der Waals surface area contributed by atoms with Crippen molar-refractivity contribution >= 4 is 24.5 Å². The van der Waals surface area contributed by atoms with Crippen LogP contribution in [-0.4, -0.2) is 10.9 Å². The summed E-state index contributed by atoms with van der Waals surface area (Å²) in [4.78, 5) is 14.1. The molecular weight excluding hydrogens is 277 g/mol. The molecule has 0 spiro atoms. The van der Waals surface area contributed by atoms with E-state index >= 15 is 0 Å². The Bertz CT molecular complexity index is 769. The molecule has 0 aromatic heterocycles. The number of hydrogen-bond acceptors (Lipinski definition) is 3. The number of para-hydroxylation sites is 1. The molecule has 102 valence electrons. The van der Waals surface area contributed by atoms with Gasteiger partial charge in [0, 0.05) is 11.1 Å². The van der Waals surface area contributed by atoms with Crippen molar-refractivity contribution in [2.45, 2.75) is 0 Å². The molecule has 0 saturated heterocycles. The number of benzene rings is 2. The van der Waals surface area contributed by atoms with E-state index in [4.69, 9.17) is 16.0 Å². The van der Waals surface area contributed by atoms with Crippen LogP contribution < -0.4 is 21.3 Å². The van der Waals surface area contributed by atoms with Crippen LogP contribution in [0.25, 0.3) is 11.1 Å². The van der Waals surface area contributed by atoms with Crippen molar-refractivity contribution in [2.24, 2.45) is 16.5 Å². The third-order valence-corrected chi connectivity index (χ3v) is 4.43. The molecule has 3 rings (SSSR count). The van der Waals surface area contributed by atoms with Gasteiger partial charge in [-0.05, 0) is 12.1 Å². The van der Waals surface area contributed by atoms with Crippen LogP contribution in [0.1, 0.15) is 0 Å². The van der Waals surface area contributed by atoms with E-state index < -0.39 is 7.60 Å². The Hall–Kier alpha value is -2.30. The quantitative estimate of drug-likeness (QED) is 0.418. The van der Waals surface area contributed by atoms with Gasteiger partial charge in [-0.1, -0.05) is 30.3 Å². The molecule has 0 bridgehead atoms. The molecule has 20 heavy (non-hydrogen) atoms. The molecule has 1 heterocycles. The zero-order valence-corrected chi connectivity index (χ0v) is 11.2. The number of guanidine groups is 1. The Morgan fingerprint density at radius 1 is 1.10 bits per heavy atom. The lowest BCUT2D eigenvalue weighted by molar-refractivity contribution is 0.392. The largest absolute Gasteiger partial charge is 0.421 e. The van der Waals surface area contributed by atoms with Crippen LogP contribution in [0.3, 0.4) is 0 Å². The van der Waals surface area contributed by atoms with Gasteiger partial charge < -0.3 is 20.9 Å². The molecule has 1 aliphatic heterocycles. The lowest BCUT2D eigenvalue weighted by Crippen LogP contribution is -2.24. The van der Waals surface area contributed by atoms with Crippen LogP contribution >= 0.6 is 7.60 Å². The molecule has 0 saturated carbocycles. The predicted octanol–water partition coefficient (Wildman–Crippen LogP) is 1.46. The molecule has 0 aliphatic carbocycles. The van der Waals surface area contributed by atoms with E-state index in [1.807, 2.05) is 12.1 Å². The summed E-state index contributed by atoms with van der Waals surface area (Å²) in [5.74, 6) is 0.185. The lowest BCUT2D eigenvalue weighted by atomic mass is 10.0. The highest BCUT2D eigenvalue weighted by atomic mass is 31.2. The van der Waals surface area contributed by atoms with Crippen LogP contribution in [0.4, 0.5) is 5.69 Å². The number of nitrogens with two attached hydrogens (primary N) is 2. The normalized spacial score (nSPS) is 19.4. The molecule has 6 nitrogen and oxygen atoms in total. The van der Waals surface area contributed by atoms with Gasteiger partial charge in [0.1, 0.15) is 11.1 Å². The Labute approximate surface area is 115 Å². The fraction of sp³-hybridized carbons (Fsp3) is 0. The van der Waals surface area contributed by atoms with Crippen molar-refractivity contribution in [2.75, 3.05) is 0 Å². The van der Waals surface area contributed by atoms with E-state index in [1.54, 1.807) is 30.3 Å². The van der Waals surface area contributed by atoms with Crippen molar-refractivity contribution in [3.8, 4) is 16.9 Å². The first-order valence-electron chi connectivity index (χ1n) is 5.84. The fourth-order valence-corrected chi connectivity index (χ4v) is 3.65. The number of nitrogens with zero attached hydrogens (tertiary/aromatic N) is 1. The van der Waals surface area contributed by atoms with Crippen LogP contribution in [0.5, 0.6) is 5.75 Å². The summed E-state index contributed by atoms with van der Waals surface area (Å²) in [7, 11) is -4.02. The van der Waals surface area contributed by atoms with E-state index in [1.165, 1.54) is 0 Å². The van der Waals surface area contributed by atoms with Crippen molar-refractivity contribution < 1.29 is 14.0 Å². The number of rotatable bonds is 1. The van der Waals surface area contributed by atoms with Crippen molar-refractivity contribution in [3.63, 3.8) is 0 Å². The molecule has 1 unspecified atom stereocenters. The maximum atomic E-state index is 12.4. The minimum Gasteiger partial charge on any atom is -0.421 e. The zero-order valence-electron chi connectivity index (χ0n) is 10.4. The molecule has 7 heteroatoms. The van der Waals surface area contributed by atoms with Gasteiger partial charge in [-0.15, -0.1) is 0 Å². The van der Waals surface area contributed by atoms with Gasteiger partial charge in [0.05, 0.1) is 5.69 Å². The summed E-state index contributed by atoms with van der Waals surface area (Å²) in [5, 5.41) is 0.118. The Morgan fingerprint density at radius 2 is 1.80 bits per heavy atom. The summed E-state index contributed by atoms with van der Waals surface area (Å²) in [6.07, 6.45) is 0. The first kappa shape index (κ1) is 12.7. The fourth-order valence-electron chi connectivity index (χ4n) is 2.22. The van der Waals surface area contributed by atoms with Gasteiger partial charge in [0.25, 0.3) is 0 Å². The van der Waals surface area contributed by atoms with Crippen LogP contribution in [0.15, 0.2) is 47.5 Å². The molecule has 2 aromatic carbocycles. The third-order valence-electron chi connectivity index (χ3n) is 2.95. The molecule has 0 fully saturated rings. The smallest absolute Gasteiger partial charge is 0.411 e. The van der Waals surface area contributed by atoms with Gasteiger partial charge in [-0.3, -0.25) is 0 Å². The number of hydrogen-bond donors (Lipinski definition) is 3. The number of aliphatic imine (C=N–C) groups is 1. The molecule has 5 N–H and O–H groups in total. The molecule has 2 aromatic rings. The summed E-state index contributed by atoms with van der Waals surface area (Å²) >= 11 is 0. The predicted molar refractivity (Wildman–Crippen MR) is 77.4 cm³/mol. The van der Waals surface area contributed by atoms with E-state index in [0.717, 1.165) is 5.56 Å². The topological polar surface area (TPSA) is 111 Å². The highest BCUT2D eigenvalue weighted by Crippen LogP contribution is 2.53. The summed E-state index contributed by atoms with van der Waals surface area (Å²) in [5.41, 5.74) is 12.3. The van der Waals surface area contributed by atoms with Gasteiger partial charge in [0.15, 0.2) is 5.96 Å². The van der Waals surface area contributed by atoms with Crippen LogP contribution in [-0.2, 0) is 4.57 Å². The second kappa shape index (κ2) is 4.37. The lowest BCUT2D eigenvalue weighted by Gasteiger charge is -2.25. The molecule has 0 amide bonds. The van der Waals surface area contributed by atoms with Crippen molar-refractivity contribution in [1.29, 1.82) is 0 Å². The van der Waals surface area contributed by atoms with Gasteiger partial charge in [-0.2, -0.15) is 0 Å². The van der Waals surface area contributed by atoms with Gasteiger partial charge in [-0.25, -0.2) is 9.56 Å². The minimum absolute atomic E-state index is 0.118. The zero-order chi connectivity index (χ0) is 14.3. The molecule has 1 aliphatic rings. The Morgan fingerprint density at radius 3 is 2.55 bits per heavy atom. The van der Waals surface area contributed by atoms with E-state index in [-0.39, 0.29) is 17.0 Å². The SMILES string of the molecule is NC(N)=Nc1cccc2c1P(=O)(O)Oc1ccccc1-2. The second-order valence-corrected chi connectivity index (χ2v) is 5.99. The van der Waals surface area contributed by atoms with Gasteiger partial charge >= 0.3 is 7.60 Å². The first-order valence-corrected chi connectivity index (χ1v) is 7.42. The van der Waals surface area contributed by atoms with E-state index in [2.05, 4.69) is 4.99 Å². The summed E-state index contributed by atoms with van der Waals surface area (Å²) < 4.78 is 17.6. The maximum Gasteiger partial charge on any atom is 0.411 e. The van der Waals surface area contributed by atoms with Crippen LogP contribution in [0.2, 0.25) is 0 Å². The van der Waals surface area contributed by atoms with Crippen LogP contribution in [0, 0.1) is 0 Å². The Kier molecular flexibility index (Phi) is 2.78. The Balaban J connectivity index is 2.36. The average Bonchev–Trinajstić information content (AvgIpc) is 2.37. The first-order chi connectivity index (χ1) is 9.49. The second-order valence-electron chi connectivity index (χ2n) is 4.32. The summed E-state index contributed by atoms with van der Waals surface area (Å²) in [6.45, 7) is 0. The van der Waals surface area contributed by atoms with Crippen molar-refractivity contribution in [1.82, 2.24) is 0 Å². The standard InChI is InChI=1S/C13H12N3O3P/c14-13(15)16-10-6-3-5-9-8-4-1-2-7-11(8)19-20(17,18)12(9)10/h1-7H,(H,17,18)(H4,14,15,16). The third kappa shape index (κ3) is 1.95. The maximum absolute atomic E-state index is 12.4. The average molecular weight is 289 g/mol. The van der Waals surface area contributed by atoms with Gasteiger partial charge in [0.2, 0.25) is 0 Å². The molecular formula is C13H12N3O3P. The van der Waals surface area contributed by atoms with E-state index in [9.17, 15) is 9.46 Å². The summed E-state index contributed by atoms with van der Waals surface area (Å²) in [6, 6.07) is 12.1. The highest BCUT2D eigenvalue weighted by Gasteiger charge is 2.36. The van der Waals surface area contributed by atoms with Crippen molar-refractivity contribution in [3.05, 3.63) is 42.5 Å². The monoisotopic (exact) mass is 289 g/mol. The minimum atomic E-state index is -4.02.